The number of esters is 2. The summed E-state index contributed by atoms with van der Waals surface area (Å²) in [6.45, 7) is 1.57. The number of methoxy groups -OCH3 is 2. The zero-order valence-electron chi connectivity index (χ0n) is 9.28. The molecule has 4 nitrogen and oxygen atoms in total. The molecule has 0 radical (unpaired) electrons. The number of allylic oxidation sites excluding steroid dienone is 2. The molecule has 1 unspecified atom stereocenters. The van der Waals surface area contributed by atoms with Gasteiger partial charge in [0.2, 0.25) is 0 Å². The van der Waals surface area contributed by atoms with Crippen LogP contribution in [0, 0.1) is 11.3 Å². The average Bonchev–Trinajstić information content (AvgIpc) is 2.79. The van der Waals surface area contributed by atoms with E-state index in [9.17, 15) is 9.59 Å². The molecule has 0 saturated carbocycles. The Morgan fingerprint density at radius 1 is 1.27 bits per heavy atom. The van der Waals surface area contributed by atoms with Crippen LogP contribution in [-0.2, 0) is 19.1 Å². The van der Waals surface area contributed by atoms with Gasteiger partial charge in [-0.3, -0.25) is 9.59 Å². The van der Waals surface area contributed by atoms with Gasteiger partial charge in [0.15, 0.2) is 5.41 Å². The van der Waals surface area contributed by atoms with Crippen LogP contribution in [0.15, 0.2) is 12.2 Å². The highest BCUT2D eigenvalue weighted by Gasteiger charge is 2.49. The Morgan fingerprint density at radius 2 is 1.80 bits per heavy atom. The maximum atomic E-state index is 11.7. The van der Waals surface area contributed by atoms with Gasteiger partial charge in [0.05, 0.1) is 14.2 Å². The summed E-state index contributed by atoms with van der Waals surface area (Å²) in [6.07, 6.45) is 5.51. The molecule has 4 heteroatoms. The van der Waals surface area contributed by atoms with E-state index < -0.39 is 17.4 Å². The lowest BCUT2D eigenvalue weighted by molar-refractivity contribution is -0.170. The summed E-state index contributed by atoms with van der Waals surface area (Å²) in [5.74, 6) is -1.20. The fourth-order valence-electron chi connectivity index (χ4n) is 1.92. The van der Waals surface area contributed by atoms with E-state index >= 15 is 0 Å². The summed E-state index contributed by atoms with van der Waals surface area (Å²) in [5.41, 5.74) is -1.21. The zero-order chi connectivity index (χ0) is 11.5. The van der Waals surface area contributed by atoms with E-state index in [-0.39, 0.29) is 5.92 Å². The predicted octanol–water partition coefficient (Wildman–Crippen LogP) is 1.30. The highest BCUT2D eigenvalue weighted by atomic mass is 16.5. The highest BCUT2D eigenvalue weighted by molar-refractivity contribution is 6.00. The van der Waals surface area contributed by atoms with Gasteiger partial charge in [-0.15, -0.1) is 0 Å². The van der Waals surface area contributed by atoms with Crippen molar-refractivity contribution in [3.05, 3.63) is 12.2 Å². The number of ether oxygens (including phenoxy) is 2. The molecule has 0 amide bonds. The number of carbonyl (C=O) groups is 2. The van der Waals surface area contributed by atoms with Crippen molar-refractivity contribution in [1.29, 1.82) is 0 Å². The minimum atomic E-state index is -1.21. The van der Waals surface area contributed by atoms with Crippen LogP contribution in [0.4, 0.5) is 0 Å². The van der Waals surface area contributed by atoms with Gasteiger partial charge >= 0.3 is 11.9 Å². The molecule has 0 heterocycles. The molecule has 1 aliphatic carbocycles. The Kier molecular flexibility index (Phi) is 3.50. The third kappa shape index (κ3) is 1.89. The summed E-state index contributed by atoms with van der Waals surface area (Å²) in [5, 5.41) is 0. The lowest BCUT2D eigenvalue weighted by Crippen LogP contribution is -2.43. The zero-order valence-corrected chi connectivity index (χ0v) is 9.28. The molecular weight excluding hydrogens is 196 g/mol. The van der Waals surface area contributed by atoms with E-state index in [1.54, 1.807) is 6.92 Å². The molecule has 1 atom stereocenters. The maximum absolute atomic E-state index is 11.7. The second-order valence-corrected chi connectivity index (χ2v) is 3.80. The summed E-state index contributed by atoms with van der Waals surface area (Å²) < 4.78 is 9.35. The van der Waals surface area contributed by atoms with Gasteiger partial charge in [-0.25, -0.2) is 0 Å². The lowest BCUT2D eigenvalue weighted by atomic mass is 9.76. The smallest absolute Gasteiger partial charge is 0.323 e. The molecule has 0 aromatic carbocycles. The van der Waals surface area contributed by atoms with Crippen molar-refractivity contribution >= 4 is 11.9 Å². The topological polar surface area (TPSA) is 52.6 Å². The Bertz CT molecular complexity index is 277. The number of hydrogen-bond donors (Lipinski definition) is 0. The van der Waals surface area contributed by atoms with Gasteiger partial charge in [0.1, 0.15) is 0 Å². The summed E-state index contributed by atoms with van der Waals surface area (Å²) >= 11 is 0. The summed E-state index contributed by atoms with van der Waals surface area (Å²) in [7, 11) is 2.56. The van der Waals surface area contributed by atoms with Crippen LogP contribution in [-0.4, -0.2) is 26.2 Å². The molecule has 0 saturated heterocycles. The SMILES string of the molecule is COC(=O)C(C)(C(=O)OC)C1C=CCC1. The Labute approximate surface area is 89.2 Å². The quantitative estimate of drug-likeness (QED) is 0.402. The number of carbonyl (C=O) groups excluding carboxylic acids is 2. The van der Waals surface area contributed by atoms with Gasteiger partial charge in [-0.05, 0) is 19.8 Å². The molecule has 0 aromatic rings. The summed E-state index contributed by atoms with van der Waals surface area (Å²) in [6, 6.07) is 0. The molecule has 1 rings (SSSR count). The minimum Gasteiger partial charge on any atom is -0.468 e. The molecule has 0 bridgehead atoms. The fourth-order valence-corrected chi connectivity index (χ4v) is 1.92. The Morgan fingerprint density at radius 3 is 2.13 bits per heavy atom. The van der Waals surface area contributed by atoms with Crippen LogP contribution in [0.2, 0.25) is 0 Å². The van der Waals surface area contributed by atoms with Crippen LogP contribution in [0.3, 0.4) is 0 Å². The van der Waals surface area contributed by atoms with Crippen molar-refractivity contribution in [3.63, 3.8) is 0 Å². The average molecular weight is 212 g/mol. The van der Waals surface area contributed by atoms with Gasteiger partial charge in [-0.2, -0.15) is 0 Å². The van der Waals surface area contributed by atoms with Crippen molar-refractivity contribution < 1.29 is 19.1 Å². The largest absolute Gasteiger partial charge is 0.468 e. The minimum absolute atomic E-state index is 0.127. The molecule has 0 spiro atoms. The van der Waals surface area contributed by atoms with E-state index in [1.807, 2.05) is 12.2 Å². The van der Waals surface area contributed by atoms with Gasteiger partial charge < -0.3 is 9.47 Å². The second-order valence-electron chi connectivity index (χ2n) is 3.80. The van der Waals surface area contributed by atoms with Crippen LogP contribution in [0.1, 0.15) is 19.8 Å². The first-order chi connectivity index (χ1) is 7.07. The van der Waals surface area contributed by atoms with Crippen molar-refractivity contribution in [2.75, 3.05) is 14.2 Å². The Balaban J connectivity index is 2.99. The van der Waals surface area contributed by atoms with Crippen molar-refractivity contribution in [2.24, 2.45) is 11.3 Å². The van der Waals surface area contributed by atoms with Gasteiger partial charge in [0.25, 0.3) is 0 Å². The first kappa shape index (κ1) is 11.8. The number of rotatable bonds is 3. The molecule has 1 aliphatic rings. The molecule has 0 aromatic heterocycles. The van der Waals surface area contributed by atoms with Crippen molar-refractivity contribution in [2.45, 2.75) is 19.8 Å². The second kappa shape index (κ2) is 4.47. The molecule has 0 fully saturated rings. The summed E-state index contributed by atoms with van der Waals surface area (Å²) in [4.78, 5) is 23.3. The molecule has 84 valence electrons. The Hall–Kier alpha value is -1.32. The molecule has 0 N–H and O–H groups in total. The first-order valence-electron chi connectivity index (χ1n) is 4.90. The normalized spacial score (nSPS) is 20.1. The van der Waals surface area contributed by atoms with E-state index in [4.69, 9.17) is 0 Å². The van der Waals surface area contributed by atoms with E-state index in [1.165, 1.54) is 14.2 Å². The van der Waals surface area contributed by atoms with E-state index in [2.05, 4.69) is 9.47 Å². The van der Waals surface area contributed by atoms with E-state index in [0.717, 1.165) is 12.8 Å². The van der Waals surface area contributed by atoms with Gasteiger partial charge in [0, 0.05) is 5.92 Å². The van der Waals surface area contributed by atoms with E-state index in [0.29, 0.717) is 0 Å². The van der Waals surface area contributed by atoms with Crippen molar-refractivity contribution in [1.82, 2.24) is 0 Å². The van der Waals surface area contributed by atoms with Crippen LogP contribution in [0.25, 0.3) is 0 Å². The van der Waals surface area contributed by atoms with Crippen LogP contribution in [0.5, 0.6) is 0 Å². The predicted molar refractivity (Wildman–Crippen MR) is 54.0 cm³/mol. The molecule has 0 aliphatic heterocycles. The maximum Gasteiger partial charge on any atom is 0.323 e. The van der Waals surface area contributed by atoms with Gasteiger partial charge in [-0.1, -0.05) is 12.2 Å². The van der Waals surface area contributed by atoms with Crippen molar-refractivity contribution in [3.8, 4) is 0 Å². The monoisotopic (exact) mass is 212 g/mol. The number of hydrogen-bond acceptors (Lipinski definition) is 4. The first-order valence-corrected chi connectivity index (χ1v) is 4.90. The third-order valence-electron chi connectivity index (χ3n) is 2.97. The highest BCUT2D eigenvalue weighted by Crippen LogP contribution is 2.37. The molecule has 15 heavy (non-hydrogen) atoms. The fraction of sp³-hybridized carbons (Fsp3) is 0.636. The van der Waals surface area contributed by atoms with Crippen LogP contribution < -0.4 is 0 Å². The van der Waals surface area contributed by atoms with Crippen LogP contribution >= 0.6 is 0 Å². The molecular formula is C11H16O4. The third-order valence-corrected chi connectivity index (χ3v) is 2.97. The standard InChI is InChI=1S/C11H16O4/c1-11(9(12)14-2,10(13)15-3)8-6-4-5-7-8/h4,6,8H,5,7H2,1-3H3. The lowest BCUT2D eigenvalue weighted by Gasteiger charge is -2.28.